The van der Waals surface area contributed by atoms with E-state index in [4.69, 9.17) is 9.88 Å². The van der Waals surface area contributed by atoms with Gasteiger partial charge in [-0.15, -0.1) is 0 Å². The molecule has 1 saturated heterocycles. The van der Waals surface area contributed by atoms with Crippen molar-refractivity contribution in [3.05, 3.63) is 29.8 Å². The number of nitrogens with one attached hydrogen (secondary N) is 1. The van der Waals surface area contributed by atoms with Crippen LogP contribution in [-0.4, -0.2) is 52.1 Å². The van der Waals surface area contributed by atoms with Crippen LogP contribution in [0.5, 0.6) is 0 Å². The maximum absolute atomic E-state index is 12.4. The smallest absolute Gasteiger partial charge is 0.253 e. The third-order valence-corrected chi connectivity index (χ3v) is 4.75. The molecule has 2 rings (SSSR count). The average molecular weight is 327 g/mol. The first-order valence-corrected chi connectivity index (χ1v) is 8.57. The summed E-state index contributed by atoms with van der Waals surface area (Å²) in [6.07, 6.45) is -0.482. The van der Waals surface area contributed by atoms with Gasteiger partial charge in [0.15, 0.2) is 0 Å². The number of carbonyl (C=O) groups excluding carboxylic acids is 1. The number of benzene rings is 1. The number of primary sulfonamides is 1. The lowest BCUT2D eigenvalue weighted by molar-refractivity contribution is -0.145. The average Bonchev–Trinajstić information content (AvgIpc) is 2.53. The van der Waals surface area contributed by atoms with Gasteiger partial charge in [-0.2, -0.15) is 0 Å². The summed E-state index contributed by atoms with van der Waals surface area (Å²) < 4.78 is 28.0. The number of nitrogens with two attached hydrogens (primary N) is 1. The van der Waals surface area contributed by atoms with Gasteiger partial charge in [-0.1, -0.05) is 12.1 Å². The van der Waals surface area contributed by atoms with Crippen molar-refractivity contribution in [2.75, 3.05) is 26.7 Å². The lowest BCUT2D eigenvalue weighted by Gasteiger charge is -2.31. The zero-order valence-electron chi connectivity index (χ0n) is 12.7. The van der Waals surface area contributed by atoms with Crippen LogP contribution in [0.2, 0.25) is 0 Å². The van der Waals surface area contributed by atoms with Crippen LogP contribution in [0.4, 0.5) is 0 Å². The van der Waals surface area contributed by atoms with E-state index in [0.29, 0.717) is 13.2 Å². The first-order chi connectivity index (χ1) is 10.3. The van der Waals surface area contributed by atoms with E-state index in [-0.39, 0.29) is 16.8 Å². The lowest BCUT2D eigenvalue weighted by atomic mass is 10.1. The summed E-state index contributed by atoms with van der Waals surface area (Å²) in [6, 6.07) is 6.01. The number of likely N-dealkylation sites (N-methyl/N-ethyl adjacent to an activating group) is 1. The normalized spacial score (nSPS) is 20.4. The van der Waals surface area contributed by atoms with Crippen LogP contribution >= 0.6 is 0 Å². The Labute approximate surface area is 130 Å². The topological polar surface area (TPSA) is 102 Å². The number of carbonyl (C=O) groups is 1. The Morgan fingerprint density at radius 1 is 1.41 bits per heavy atom. The second kappa shape index (κ2) is 6.74. The molecule has 0 saturated carbocycles. The van der Waals surface area contributed by atoms with Crippen LogP contribution in [0.3, 0.4) is 0 Å². The molecule has 1 aliphatic heterocycles. The number of hydrogen-bond donors (Lipinski definition) is 2. The van der Waals surface area contributed by atoms with Gasteiger partial charge in [0.1, 0.15) is 6.10 Å². The molecule has 2 unspecified atom stereocenters. The van der Waals surface area contributed by atoms with Gasteiger partial charge in [-0.05, 0) is 24.6 Å². The minimum absolute atomic E-state index is 0.0530. The SMILES string of the molecule is CC(c1ccc(S(N)(=O)=O)cc1)N(C)C(=O)C1CNCCO1. The summed E-state index contributed by atoms with van der Waals surface area (Å²) in [4.78, 5) is 14.0. The molecule has 0 radical (unpaired) electrons. The molecule has 3 N–H and O–H groups in total. The first kappa shape index (κ1) is 16.9. The van der Waals surface area contributed by atoms with Crippen molar-refractivity contribution in [3.8, 4) is 0 Å². The molecular formula is C14H21N3O4S. The van der Waals surface area contributed by atoms with E-state index in [1.54, 1.807) is 24.1 Å². The Hall–Kier alpha value is -1.48. The molecule has 1 heterocycles. The van der Waals surface area contributed by atoms with E-state index in [9.17, 15) is 13.2 Å². The van der Waals surface area contributed by atoms with E-state index >= 15 is 0 Å². The molecule has 0 aromatic heterocycles. The van der Waals surface area contributed by atoms with Gasteiger partial charge >= 0.3 is 0 Å². The van der Waals surface area contributed by atoms with Crippen LogP contribution in [0.15, 0.2) is 29.2 Å². The fraction of sp³-hybridized carbons (Fsp3) is 0.500. The van der Waals surface area contributed by atoms with Gasteiger partial charge in [0, 0.05) is 20.1 Å². The molecule has 0 aliphatic carbocycles. The Morgan fingerprint density at radius 3 is 2.55 bits per heavy atom. The fourth-order valence-corrected chi connectivity index (χ4v) is 2.82. The number of hydrogen-bond acceptors (Lipinski definition) is 5. The minimum atomic E-state index is -3.71. The highest BCUT2D eigenvalue weighted by Gasteiger charge is 2.27. The van der Waals surface area contributed by atoms with Crippen LogP contribution in [0, 0.1) is 0 Å². The molecular weight excluding hydrogens is 306 g/mol. The van der Waals surface area contributed by atoms with Crippen molar-refractivity contribution in [2.45, 2.75) is 24.0 Å². The van der Waals surface area contributed by atoms with Crippen molar-refractivity contribution >= 4 is 15.9 Å². The summed E-state index contributed by atoms with van der Waals surface area (Å²) in [5.74, 6) is -0.102. The number of amides is 1. The second-order valence-corrected chi connectivity index (χ2v) is 6.86. The van der Waals surface area contributed by atoms with E-state index in [0.717, 1.165) is 12.1 Å². The predicted molar refractivity (Wildman–Crippen MR) is 81.6 cm³/mol. The number of sulfonamides is 1. The largest absolute Gasteiger partial charge is 0.366 e. The van der Waals surface area contributed by atoms with Gasteiger partial charge in [0.05, 0.1) is 17.5 Å². The van der Waals surface area contributed by atoms with Crippen LogP contribution in [0.1, 0.15) is 18.5 Å². The van der Waals surface area contributed by atoms with E-state index in [2.05, 4.69) is 5.32 Å². The Kier molecular flexibility index (Phi) is 5.17. The van der Waals surface area contributed by atoms with Crippen molar-refractivity contribution < 1.29 is 17.9 Å². The molecule has 1 aliphatic rings. The molecule has 1 amide bonds. The highest BCUT2D eigenvalue weighted by Crippen LogP contribution is 2.21. The maximum Gasteiger partial charge on any atom is 0.253 e. The zero-order chi connectivity index (χ0) is 16.3. The van der Waals surface area contributed by atoms with Crippen molar-refractivity contribution in [1.29, 1.82) is 0 Å². The third-order valence-electron chi connectivity index (χ3n) is 3.82. The van der Waals surface area contributed by atoms with Crippen molar-refractivity contribution in [1.82, 2.24) is 10.2 Å². The molecule has 0 bridgehead atoms. The van der Waals surface area contributed by atoms with Gasteiger partial charge in [-0.25, -0.2) is 13.6 Å². The number of rotatable bonds is 4. The second-order valence-electron chi connectivity index (χ2n) is 5.30. The summed E-state index contributed by atoms with van der Waals surface area (Å²) in [5, 5.41) is 8.19. The summed E-state index contributed by atoms with van der Waals surface area (Å²) >= 11 is 0. The molecule has 1 aromatic rings. The lowest BCUT2D eigenvalue weighted by Crippen LogP contribution is -2.48. The highest BCUT2D eigenvalue weighted by atomic mass is 32.2. The zero-order valence-corrected chi connectivity index (χ0v) is 13.5. The molecule has 22 heavy (non-hydrogen) atoms. The summed E-state index contributed by atoms with van der Waals surface area (Å²) in [5.41, 5.74) is 0.826. The van der Waals surface area contributed by atoms with E-state index < -0.39 is 16.1 Å². The molecule has 8 heteroatoms. The monoisotopic (exact) mass is 327 g/mol. The fourth-order valence-electron chi connectivity index (χ4n) is 2.30. The number of ether oxygens (including phenoxy) is 1. The third kappa shape index (κ3) is 3.83. The Morgan fingerprint density at radius 2 is 2.05 bits per heavy atom. The standard InChI is InChI=1S/C14H21N3O4S/c1-10(11-3-5-12(6-4-11)22(15,19)20)17(2)14(18)13-9-16-7-8-21-13/h3-6,10,13,16H,7-9H2,1-2H3,(H2,15,19,20). The van der Waals surface area contributed by atoms with Gasteiger partial charge in [0.2, 0.25) is 10.0 Å². The molecule has 1 aromatic carbocycles. The predicted octanol–water partition coefficient (Wildman–Crippen LogP) is -0.158. The highest BCUT2D eigenvalue weighted by molar-refractivity contribution is 7.89. The molecule has 0 spiro atoms. The van der Waals surface area contributed by atoms with E-state index in [1.165, 1.54) is 12.1 Å². The minimum Gasteiger partial charge on any atom is -0.366 e. The van der Waals surface area contributed by atoms with Gasteiger partial charge in [-0.3, -0.25) is 4.79 Å². The number of nitrogens with zero attached hydrogens (tertiary/aromatic N) is 1. The maximum atomic E-state index is 12.4. The van der Waals surface area contributed by atoms with Crippen molar-refractivity contribution in [3.63, 3.8) is 0 Å². The molecule has 1 fully saturated rings. The Balaban J connectivity index is 2.09. The Bertz CT molecular complexity index is 624. The summed E-state index contributed by atoms with van der Waals surface area (Å²) in [6.45, 7) is 3.64. The molecule has 122 valence electrons. The van der Waals surface area contributed by atoms with Crippen LogP contribution in [-0.2, 0) is 19.6 Å². The van der Waals surface area contributed by atoms with Crippen LogP contribution < -0.4 is 10.5 Å². The first-order valence-electron chi connectivity index (χ1n) is 7.02. The van der Waals surface area contributed by atoms with Gasteiger partial charge in [0.25, 0.3) is 5.91 Å². The van der Waals surface area contributed by atoms with Gasteiger partial charge < -0.3 is 15.0 Å². The van der Waals surface area contributed by atoms with Crippen LogP contribution in [0.25, 0.3) is 0 Å². The molecule has 2 atom stereocenters. The summed E-state index contributed by atoms with van der Waals surface area (Å²) in [7, 11) is -2.00. The quantitative estimate of drug-likeness (QED) is 0.800. The molecule has 7 nitrogen and oxygen atoms in total. The van der Waals surface area contributed by atoms with Crippen molar-refractivity contribution in [2.24, 2.45) is 5.14 Å². The number of morpholine rings is 1. The van der Waals surface area contributed by atoms with E-state index in [1.807, 2.05) is 6.92 Å².